The van der Waals surface area contributed by atoms with Crippen LogP contribution in [0.4, 0.5) is 0 Å². The first-order valence-corrected chi connectivity index (χ1v) is 8.54. The quantitative estimate of drug-likeness (QED) is 0.858. The molecule has 0 bridgehead atoms. The van der Waals surface area contributed by atoms with Crippen LogP contribution in [-0.4, -0.2) is 18.5 Å². The lowest BCUT2D eigenvalue weighted by Crippen LogP contribution is -2.28. The minimum atomic E-state index is -0.408. The summed E-state index contributed by atoms with van der Waals surface area (Å²) in [4.78, 5) is 25.6. The van der Waals surface area contributed by atoms with Gasteiger partial charge >= 0.3 is 5.97 Å². The van der Waals surface area contributed by atoms with Crippen molar-refractivity contribution in [2.75, 3.05) is 6.61 Å². The van der Waals surface area contributed by atoms with Crippen LogP contribution in [-0.2, 0) is 28.9 Å². The second-order valence-electron chi connectivity index (χ2n) is 5.75. The number of rotatable bonds is 5. The lowest BCUT2D eigenvalue weighted by Gasteiger charge is -2.06. The number of hydrogen-bond donors (Lipinski definition) is 1. The number of esters is 1. The molecule has 5 heteroatoms. The highest BCUT2D eigenvalue weighted by Gasteiger charge is 2.19. The Bertz CT molecular complexity index is 697. The van der Waals surface area contributed by atoms with Crippen molar-refractivity contribution in [3.05, 3.63) is 56.8 Å². The maximum Gasteiger partial charge on any atom is 0.348 e. The van der Waals surface area contributed by atoms with E-state index in [1.54, 1.807) is 0 Å². The molecule has 1 aliphatic carbocycles. The van der Waals surface area contributed by atoms with Crippen LogP contribution < -0.4 is 5.32 Å². The normalized spacial score (nSPS) is 12.7. The molecule has 0 aliphatic heterocycles. The van der Waals surface area contributed by atoms with Crippen LogP contribution in [0.3, 0.4) is 0 Å². The largest absolute Gasteiger partial charge is 0.451 e. The fourth-order valence-corrected chi connectivity index (χ4v) is 3.74. The Morgan fingerprint density at radius 3 is 2.74 bits per heavy atom. The van der Waals surface area contributed by atoms with Crippen molar-refractivity contribution >= 4 is 23.2 Å². The number of carbonyl (C=O) groups excluding carboxylic acids is 2. The Morgan fingerprint density at radius 1 is 1.22 bits per heavy atom. The fraction of sp³-hybridized carbons (Fsp3) is 0.333. The van der Waals surface area contributed by atoms with Crippen LogP contribution in [0.15, 0.2) is 30.3 Å². The van der Waals surface area contributed by atoms with Crippen LogP contribution in [0.5, 0.6) is 0 Å². The summed E-state index contributed by atoms with van der Waals surface area (Å²) >= 11 is 1.49. The molecule has 23 heavy (non-hydrogen) atoms. The molecule has 0 radical (unpaired) electrons. The van der Waals surface area contributed by atoms with E-state index in [0.717, 1.165) is 24.8 Å². The number of ether oxygens (including phenoxy) is 1. The molecule has 3 rings (SSSR count). The van der Waals surface area contributed by atoms with Gasteiger partial charge in [0.2, 0.25) is 0 Å². The Balaban J connectivity index is 1.44. The SMILES string of the molecule is Cc1ccc(CNC(=O)COC(=O)c2cc3c(s2)CCC3)cc1. The molecule has 0 spiro atoms. The van der Waals surface area contributed by atoms with E-state index in [2.05, 4.69) is 5.32 Å². The zero-order valence-corrected chi connectivity index (χ0v) is 13.9. The number of aryl methyl sites for hydroxylation is 3. The Morgan fingerprint density at radius 2 is 2.00 bits per heavy atom. The minimum absolute atomic E-state index is 0.243. The number of hydrogen-bond acceptors (Lipinski definition) is 4. The van der Waals surface area contributed by atoms with E-state index in [0.29, 0.717) is 11.4 Å². The fourth-order valence-electron chi connectivity index (χ4n) is 2.59. The van der Waals surface area contributed by atoms with Gasteiger partial charge in [-0.25, -0.2) is 4.79 Å². The van der Waals surface area contributed by atoms with Crippen LogP contribution in [0.1, 0.15) is 37.7 Å². The standard InChI is InChI=1S/C18H19NO3S/c1-12-5-7-13(8-6-12)10-19-17(20)11-22-18(21)16-9-14-3-2-4-15(14)23-16/h5-9H,2-4,10-11H2,1H3,(H,19,20). The van der Waals surface area contributed by atoms with Gasteiger partial charge in [0, 0.05) is 11.4 Å². The van der Waals surface area contributed by atoms with Gasteiger partial charge in [0.1, 0.15) is 4.88 Å². The molecule has 1 amide bonds. The second-order valence-corrected chi connectivity index (χ2v) is 6.89. The molecule has 1 aromatic carbocycles. The third-order valence-corrected chi connectivity index (χ3v) is 5.11. The topological polar surface area (TPSA) is 55.4 Å². The van der Waals surface area contributed by atoms with Gasteiger partial charge in [-0.05, 0) is 43.4 Å². The molecule has 120 valence electrons. The predicted molar refractivity (Wildman–Crippen MR) is 89.7 cm³/mol. The molecule has 0 saturated heterocycles. The zero-order chi connectivity index (χ0) is 16.2. The van der Waals surface area contributed by atoms with Gasteiger partial charge in [0.25, 0.3) is 5.91 Å². The third kappa shape index (κ3) is 3.99. The third-order valence-electron chi connectivity index (χ3n) is 3.89. The molecule has 1 N–H and O–H groups in total. The van der Waals surface area contributed by atoms with E-state index in [1.807, 2.05) is 37.3 Å². The molecule has 1 aliphatic rings. The summed E-state index contributed by atoms with van der Waals surface area (Å²) in [6, 6.07) is 9.83. The summed E-state index contributed by atoms with van der Waals surface area (Å²) in [6.07, 6.45) is 3.25. The van der Waals surface area contributed by atoms with Gasteiger partial charge < -0.3 is 10.1 Å². The number of amides is 1. The van der Waals surface area contributed by atoms with Crippen molar-refractivity contribution in [3.8, 4) is 0 Å². The second kappa shape index (κ2) is 6.96. The van der Waals surface area contributed by atoms with E-state index in [9.17, 15) is 9.59 Å². The van der Waals surface area contributed by atoms with Crippen molar-refractivity contribution in [1.29, 1.82) is 0 Å². The van der Waals surface area contributed by atoms with Gasteiger partial charge in [0.15, 0.2) is 6.61 Å². The zero-order valence-electron chi connectivity index (χ0n) is 13.1. The maximum atomic E-state index is 12.0. The molecule has 0 atom stereocenters. The minimum Gasteiger partial charge on any atom is -0.451 e. The van der Waals surface area contributed by atoms with Gasteiger partial charge in [0.05, 0.1) is 0 Å². The number of benzene rings is 1. The smallest absolute Gasteiger partial charge is 0.348 e. The summed E-state index contributed by atoms with van der Waals surface area (Å²) in [5.41, 5.74) is 3.45. The first kappa shape index (κ1) is 15.7. The average Bonchev–Trinajstić information content (AvgIpc) is 3.13. The first-order chi connectivity index (χ1) is 11.1. The van der Waals surface area contributed by atoms with Gasteiger partial charge in [-0.15, -0.1) is 11.3 Å². The van der Waals surface area contributed by atoms with Gasteiger partial charge in [-0.2, -0.15) is 0 Å². The molecule has 2 aromatic rings. The first-order valence-electron chi connectivity index (χ1n) is 7.73. The van der Waals surface area contributed by atoms with E-state index >= 15 is 0 Å². The van der Waals surface area contributed by atoms with E-state index in [1.165, 1.54) is 27.3 Å². The van der Waals surface area contributed by atoms with Gasteiger partial charge in [-0.1, -0.05) is 29.8 Å². The predicted octanol–water partition coefficient (Wildman–Crippen LogP) is 3.02. The van der Waals surface area contributed by atoms with Crippen molar-refractivity contribution < 1.29 is 14.3 Å². The summed E-state index contributed by atoms with van der Waals surface area (Å²) in [5.74, 6) is -0.696. The lowest BCUT2D eigenvalue weighted by molar-refractivity contribution is -0.124. The van der Waals surface area contributed by atoms with Crippen molar-refractivity contribution in [2.45, 2.75) is 32.7 Å². The highest BCUT2D eigenvalue weighted by atomic mass is 32.1. The van der Waals surface area contributed by atoms with Crippen molar-refractivity contribution in [3.63, 3.8) is 0 Å². The van der Waals surface area contributed by atoms with Crippen LogP contribution in [0.25, 0.3) is 0 Å². The number of thiophene rings is 1. The molecule has 0 unspecified atom stereocenters. The monoisotopic (exact) mass is 329 g/mol. The average molecular weight is 329 g/mol. The molecule has 4 nitrogen and oxygen atoms in total. The molecular weight excluding hydrogens is 310 g/mol. The molecule has 1 heterocycles. The van der Waals surface area contributed by atoms with E-state index in [-0.39, 0.29) is 12.5 Å². The maximum absolute atomic E-state index is 12.0. The Kier molecular flexibility index (Phi) is 4.76. The van der Waals surface area contributed by atoms with E-state index in [4.69, 9.17) is 4.74 Å². The lowest BCUT2D eigenvalue weighted by atomic mass is 10.1. The summed E-state index contributed by atoms with van der Waals surface area (Å²) in [5, 5.41) is 2.75. The Labute approximate surface area is 139 Å². The molecular formula is C18H19NO3S. The summed E-state index contributed by atoms with van der Waals surface area (Å²) < 4.78 is 5.09. The van der Waals surface area contributed by atoms with Crippen LogP contribution >= 0.6 is 11.3 Å². The van der Waals surface area contributed by atoms with E-state index < -0.39 is 5.97 Å². The molecule has 0 fully saturated rings. The summed E-state index contributed by atoms with van der Waals surface area (Å²) in [7, 11) is 0. The van der Waals surface area contributed by atoms with Crippen LogP contribution in [0, 0.1) is 6.92 Å². The number of nitrogens with one attached hydrogen (secondary N) is 1. The van der Waals surface area contributed by atoms with Crippen LogP contribution in [0.2, 0.25) is 0 Å². The number of carbonyl (C=O) groups is 2. The highest BCUT2D eigenvalue weighted by Crippen LogP contribution is 2.30. The molecule has 0 saturated carbocycles. The molecule has 1 aromatic heterocycles. The Hall–Kier alpha value is -2.14. The van der Waals surface area contributed by atoms with Gasteiger partial charge in [-0.3, -0.25) is 4.79 Å². The van der Waals surface area contributed by atoms with Crippen molar-refractivity contribution in [2.24, 2.45) is 0 Å². The number of fused-ring (bicyclic) bond motifs is 1. The summed E-state index contributed by atoms with van der Waals surface area (Å²) in [6.45, 7) is 2.21. The highest BCUT2D eigenvalue weighted by molar-refractivity contribution is 7.14. The van der Waals surface area contributed by atoms with Crippen molar-refractivity contribution in [1.82, 2.24) is 5.32 Å².